The fraction of sp³-hybridized carbons (Fsp3) is 0.571. The van der Waals surface area contributed by atoms with E-state index in [0.29, 0.717) is 19.1 Å². The number of H-pyrrole nitrogens is 1. The van der Waals surface area contributed by atoms with E-state index >= 15 is 0 Å². The number of hydrogen-bond donors (Lipinski definition) is 1. The van der Waals surface area contributed by atoms with Gasteiger partial charge in [-0.3, -0.25) is 4.79 Å². The van der Waals surface area contributed by atoms with E-state index in [1.807, 2.05) is 13.8 Å². The fourth-order valence-electron chi connectivity index (χ4n) is 3.79. The highest BCUT2D eigenvalue weighted by Gasteiger charge is 2.41. The van der Waals surface area contributed by atoms with Crippen molar-refractivity contribution >= 4 is 16.9 Å². The number of hydrogen-bond acceptors (Lipinski definition) is 3. The average molecular weight is 343 g/mol. The summed E-state index contributed by atoms with van der Waals surface area (Å²) in [5.41, 5.74) is 4.26. The van der Waals surface area contributed by atoms with E-state index < -0.39 is 5.60 Å². The maximum Gasteiger partial charge on any atom is 0.309 e. The van der Waals surface area contributed by atoms with E-state index in [4.69, 9.17) is 9.47 Å². The van der Waals surface area contributed by atoms with Crippen molar-refractivity contribution in [3.63, 3.8) is 0 Å². The quantitative estimate of drug-likeness (QED) is 0.786. The lowest BCUT2D eigenvalue weighted by Gasteiger charge is -2.36. The van der Waals surface area contributed by atoms with Crippen molar-refractivity contribution in [2.45, 2.75) is 59.0 Å². The van der Waals surface area contributed by atoms with Crippen molar-refractivity contribution in [3.8, 4) is 0 Å². The number of rotatable bonds is 6. The predicted molar refractivity (Wildman–Crippen MR) is 99.7 cm³/mol. The lowest BCUT2D eigenvalue weighted by atomic mass is 9.86. The largest absolute Gasteiger partial charge is 0.465 e. The molecule has 0 spiro atoms. The first-order chi connectivity index (χ1) is 12.0. The highest BCUT2D eigenvalue weighted by molar-refractivity contribution is 5.88. The molecule has 1 aliphatic rings. The molecule has 1 aromatic carbocycles. The van der Waals surface area contributed by atoms with Crippen LogP contribution in [0.25, 0.3) is 10.9 Å². The van der Waals surface area contributed by atoms with Crippen molar-refractivity contribution in [2.75, 3.05) is 13.2 Å². The molecule has 3 rings (SSSR count). The normalized spacial score (nSPS) is 20.0. The highest BCUT2D eigenvalue weighted by Crippen LogP contribution is 2.42. The molecule has 2 aromatic rings. The van der Waals surface area contributed by atoms with Crippen LogP contribution in [0.5, 0.6) is 0 Å². The number of esters is 1. The molecule has 4 heteroatoms. The van der Waals surface area contributed by atoms with Crippen LogP contribution in [-0.2, 0) is 32.7 Å². The molecular weight excluding hydrogens is 314 g/mol. The molecule has 0 fully saturated rings. The Balaban J connectivity index is 1.99. The second-order valence-electron chi connectivity index (χ2n) is 7.37. The van der Waals surface area contributed by atoms with Gasteiger partial charge in [-0.2, -0.15) is 0 Å². The van der Waals surface area contributed by atoms with E-state index in [-0.39, 0.29) is 12.4 Å². The summed E-state index contributed by atoms with van der Waals surface area (Å²) >= 11 is 0. The van der Waals surface area contributed by atoms with E-state index in [9.17, 15) is 4.79 Å². The Morgan fingerprint density at radius 2 is 2.16 bits per heavy atom. The Hall–Kier alpha value is -1.81. The van der Waals surface area contributed by atoms with Gasteiger partial charge in [0, 0.05) is 10.9 Å². The Labute approximate surface area is 149 Å². The SMILES string of the molecule is CCc1cccc2c3c([nH]c12)C(CC)(CC(=O)OCC(C)C)OCC3. The van der Waals surface area contributed by atoms with Crippen LogP contribution < -0.4 is 0 Å². The molecular formula is C21H29NO3. The standard InChI is InChI=1S/C21H29NO3/c1-5-15-8-7-9-16-17-10-11-25-21(6-2,20(17)22-19(15)16)12-18(23)24-13-14(3)4/h7-9,14,22H,5-6,10-13H2,1-4H3. The lowest BCUT2D eigenvalue weighted by molar-refractivity contribution is -0.156. The summed E-state index contributed by atoms with van der Waals surface area (Å²) in [5, 5.41) is 1.27. The van der Waals surface area contributed by atoms with Crippen LogP contribution in [0.3, 0.4) is 0 Å². The minimum Gasteiger partial charge on any atom is -0.465 e. The molecule has 0 radical (unpaired) electrons. The van der Waals surface area contributed by atoms with E-state index in [0.717, 1.165) is 25.0 Å². The molecule has 25 heavy (non-hydrogen) atoms. The van der Waals surface area contributed by atoms with Crippen molar-refractivity contribution in [1.82, 2.24) is 4.98 Å². The molecule has 1 unspecified atom stereocenters. The van der Waals surface area contributed by atoms with Crippen LogP contribution in [0.15, 0.2) is 18.2 Å². The number of para-hydroxylation sites is 1. The van der Waals surface area contributed by atoms with Gasteiger partial charge in [0.2, 0.25) is 0 Å². The lowest BCUT2D eigenvalue weighted by Crippen LogP contribution is -2.38. The molecule has 136 valence electrons. The van der Waals surface area contributed by atoms with Crippen LogP contribution in [0.1, 0.15) is 57.4 Å². The van der Waals surface area contributed by atoms with Gasteiger partial charge < -0.3 is 14.5 Å². The molecule has 0 aliphatic carbocycles. The van der Waals surface area contributed by atoms with Crippen molar-refractivity contribution in [3.05, 3.63) is 35.0 Å². The smallest absolute Gasteiger partial charge is 0.309 e. The minimum absolute atomic E-state index is 0.183. The molecule has 1 N–H and O–H groups in total. The number of fused-ring (bicyclic) bond motifs is 3. The third-order valence-electron chi connectivity index (χ3n) is 5.17. The van der Waals surface area contributed by atoms with Gasteiger partial charge in [-0.25, -0.2) is 0 Å². The van der Waals surface area contributed by atoms with Gasteiger partial charge >= 0.3 is 5.97 Å². The topological polar surface area (TPSA) is 51.3 Å². The average Bonchev–Trinajstić information content (AvgIpc) is 3.00. The van der Waals surface area contributed by atoms with Gasteiger partial charge in [-0.15, -0.1) is 0 Å². The molecule has 0 saturated carbocycles. The number of nitrogens with one attached hydrogen (secondary N) is 1. The summed E-state index contributed by atoms with van der Waals surface area (Å²) in [7, 11) is 0. The Morgan fingerprint density at radius 3 is 2.84 bits per heavy atom. The highest BCUT2D eigenvalue weighted by atomic mass is 16.5. The second-order valence-corrected chi connectivity index (χ2v) is 7.37. The number of carbonyl (C=O) groups is 1. The molecule has 2 heterocycles. The molecule has 1 aromatic heterocycles. The maximum atomic E-state index is 12.4. The monoisotopic (exact) mass is 343 g/mol. The first-order valence-corrected chi connectivity index (χ1v) is 9.43. The van der Waals surface area contributed by atoms with E-state index in [1.54, 1.807) is 0 Å². The number of aromatic amines is 1. The van der Waals surface area contributed by atoms with Gasteiger partial charge in [0.15, 0.2) is 0 Å². The zero-order valence-electron chi connectivity index (χ0n) is 15.8. The number of aryl methyl sites for hydroxylation is 1. The van der Waals surface area contributed by atoms with E-state index in [1.165, 1.54) is 22.0 Å². The summed E-state index contributed by atoms with van der Waals surface area (Å²) < 4.78 is 11.6. The maximum absolute atomic E-state index is 12.4. The van der Waals surface area contributed by atoms with Crippen LogP contribution >= 0.6 is 0 Å². The summed E-state index contributed by atoms with van der Waals surface area (Å²) in [6.07, 6.45) is 2.86. The Morgan fingerprint density at radius 1 is 1.36 bits per heavy atom. The van der Waals surface area contributed by atoms with Gasteiger partial charge in [-0.05, 0) is 36.3 Å². The third kappa shape index (κ3) is 3.32. The second kappa shape index (κ2) is 7.20. The molecule has 0 saturated heterocycles. The zero-order chi connectivity index (χ0) is 18.0. The van der Waals surface area contributed by atoms with Crippen molar-refractivity contribution in [1.29, 1.82) is 0 Å². The van der Waals surface area contributed by atoms with Crippen LogP contribution in [0, 0.1) is 5.92 Å². The van der Waals surface area contributed by atoms with Crippen LogP contribution in [0.4, 0.5) is 0 Å². The first kappa shape index (κ1) is 18.0. The van der Waals surface area contributed by atoms with Crippen LogP contribution in [0.2, 0.25) is 0 Å². The summed E-state index contributed by atoms with van der Waals surface area (Å²) in [4.78, 5) is 16.0. The number of benzene rings is 1. The van der Waals surface area contributed by atoms with Crippen molar-refractivity contribution in [2.24, 2.45) is 5.92 Å². The molecule has 4 nitrogen and oxygen atoms in total. The molecule has 1 atom stereocenters. The van der Waals surface area contributed by atoms with E-state index in [2.05, 4.69) is 37.0 Å². The summed E-state index contributed by atoms with van der Waals surface area (Å²) in [5.74, 6) is 0.155. The molecule has 1 aliphatic heterocycles. The third-order valence-corrected chi connectivity index (χ3v) is 5.17. The molecule has 0 bridgehead atoms. The van der Waals surface area contributed by atoms with Gasteiger partial charge in [0.1, 0.15) is 5.60 Å². The number of carbonyl (C=O) groups excluding carboxylic acids is 1. The zero-order valence-corrected chi connectivity index (χ0v) is 15.8. The Kier molecular flexibility index (Phi) is 5.19. The minimum atomic E-state index is -0.605. The van der Waals surface area contributed by atoms with Gasteiger partial charge in [0.25, 0.3) is 0 Å². The first-order valence-electron chi connectivity index (χ1n) is 9.43. The number of aromatic nitrogens is 1. The predicted octanol–water partition coefficient (Wildman–Crippen LogP) is 4.50. The van der Waals surface area contributed by atoms with Crippen molar-refractivity contribution < 1.29 is 14.3 Å². The van der Waals surface area contributed by atoms with Crippen LogP contribution in [-0.4, -0.2) is 24.2 Å². The van der Waals surface area contributed by atoms with Gasteiger partial charge in [-0.1, -0.05) is 45.9 Å². The Bertz CT molecular complexity index is 762. The number of ether oxygens (including phenoxy) is 2. The summed E-state index contributed by atoms with van der Waals surface area (Å²) in [6.45, 7) is 9.43. The summed E-state index contributed by atoms with van der Waals surface area (Å²) in [6, 6.07) is 6.46. The molecule has 0 amide bonds. The van der Waals surface area contributed by atoms with Gasteiger partial charge in [0.05, 0.1) is 25.3 Å². The fourth-order valence-corrected chi connectivity index (χ4v) is 3.79.